The van der Waals surface area contributed by atoms with E-state index >= 15 is 0 Å². The second-order valence-corrected chi connectivity index (χ2v) is 6.59. The van der Waals surface area contributed by atoms with Crippen molar-refractivity contribution in [3.05, 3.63) is 22.7 Å². The Labute approximate surface area is 123 Å². The highest BCUT2D eigenvalue weighted by molar-refractivity contribution is 9.10. The van der Waals surface area contributed by atoms with E-state index in [0.717, 1.165) is 29.2 Å². The van der Waals surface area contributed by atoms with Gasteiger partial charge in [0.2, 0.25) is 0 Å². The lowest BCUT2D eigenvalue weighted by Gasteiger charge is -2.41. The van der Waals surface area contributed by atoms with Crippen LogP contribution in [0.5, 0.6) is 5.75 Å². The van der Waals surface area contributed by atoms with E-state index in [9.17, 15) is 0 Å². The molecule has 1 saturated carbocycles. The van der Waals surface area contributed by atoms with Crippen LogP contribution in [0.4, 0.5) is 5.69 Å². The summed E-state index contributed by atoms with van der Waals surface area (Å²) >= 11 is 3.57. The average Bonchev–Trinajstić information content (AvgIpc) is 3.24. The molecule has 2 atom stereocenters. The van der Waals surface area contributed by atoms with Gasteiger partial charge in [0, 0.05) is 29.6 Å². The monoisotopic (exact) mass is 324 g/mol. The van der Waals surface area contributed by atoms with Gasteiger partial charge in [-0.15, -0.1) is 0 Å². The zero-order chi connectivity index (χ0) is 13.4. The first-order valence-electron chi connectivity index (χ1n) is 7.02. The smallest absolute Gasteiger partial charge is 0.142 e. The molecule has 1 heterocycles. The van der Waals surface area contributed by atoms with Gasteiger partial charge in [0.1, 0.15) is 5.75 Å². The summed E-state index contributed by atoms with van der Waals surface area (Å²) in [6, 6.07) is 7.39. The molecule has 1 aromatic rings. The number of halogens is 1. The molecule has 2 unspecified atom stereocenters. The summed E-state index contributed by atoms with van der Waals surface area (Å²) in [4.78, 5) is 2.49. The van der Waals surface area contributed by atoms with Crippen LogP contribution in [0.1, 0.15) is 19.8 Å². The lowest BCUT2D eigenvalue weighted by Crippen LogP contribution is -2.56. The third-order valence-corrected chi connectivity index (χ3v) is 4.74. The largest absolute Gasteiger partial charge is 0.495 e. The van der Waals surface area contributed by atoms with E-state index < -0.39 is 0 Å². The summed E-state index contributed by atoms with van der Waals surface area (Å²) in [6.07, 6.45) is 2.77. The topological polar surface area (TPSA) is 24.5 Å². The van der Waals surface area contributed by atoms with Crippen LogP contribution in [0.2, 0.25) is 0 Å². The van der Waals surface area contributed by atoms with E-state index in [1.807, 2.05) is 12.1 Å². The Morgan fingerprint density at radius 1 is 1.37 bits per heavy atom. The van der Waals surface area contributed by atoms with Gasteiger partial charge in [-0.1, -0.05) is 15.9 Å². The summed E-state index contributed by atoms with van der Waals surface area (Å²) < 4.78 is 6.64. The fraction of sp³-hybridized carbons (Fsp3) is 0.600. The minimum Gasteiger partial charge on any atom is -0.495 e. The van der Waals surface area contributed by atoms with E-state index in [4.69, 9.17) is 4.74 Å². The van der Waals surface area contributed by atoms with E-state index in [0.29, 0.717) is 12.1 Å². The molecule has 1 saturated heterocycles. The standard InChI is InChI=1S/C15H21BrN2O/c1-10-8-17-13(11-3-4-11)9-18(10)14-7-12(16)5-6-15(14)19-2/h5-7,10-11,13,17H,3-4,8-9H2,1-2H3. The molecule has 1 aliphatic heterocycles. The van der Waals surface area contributed by atoms with Gasteiger partial charge in [-0.3, -0.25) is 0 Å². The molecule has 19 heavy (non-hydrogen) atoms. The number of nitrogens with one attached hydrogen (secondary N) is 1. The maximum Gasteiger partial charge on any atom is 0.142 e. The third kappa shape index (κ3) is 2.75. The third-order valence-electron chi connectivity index (χ3n) is 4.24. The molecule has 2 aliphatic rings. The highest BCUT2D eigenvalue weighted by Crippen LogP contribution is 2.38. The number of anilines is 1. The zero-order valence-corrected chi connectivity index (χ0v) is 13.1. The van der Waals surface area contributed by atoms with Crippen molar-refractivity contribution in [1.82, 2.24) is 5.32 Å². The molecule has 0 amide bonds. The van der Waals surface area contributed by atoms with Gasteiger partial charge in [0.05, 0.1) is 12.8 Å². The van der Waals surface area contributed by atoms with Gasteiger partial charge >= 0.3 is 0 Å². The van der Waals surface area contributed by atoms with Gasteiger partial charge in [0.25, 0.3) is 0 Å². The number of nitrogens with zero attached hydrogens (tertiary/aromatic N) is 1. The molecule has 4 heteroatoms. The molecule has 1 aliphatic carbocycles. The van der Waals surface area contributed by atoms with Gasteiger partial charge in [-0.25, -0.2) is 0 Å². The van der Waals surface area contributed by atoms with Crippen LogP contribution in [0.3, 0.4) is 0 Å². The number of hydrogen-bond donors (Lipinski definition) is 1. The zero-order valence-electron chi connectivity index (χ0n) is 11.5. The lowest BCUT2D eigenvalue weighted by molar-refractivity contribution is 0.367. The molecule has 0 spiro atoms. The van der Waals surface area contributed by atoms with Crippen molar-refractivity contribution in [3.8, 4) is 5.75 Å². The molecule has 0 bridgehead atoms. The maximum atomic E-state index is 5.53. The number of methoxy groups -OCH3 is 1. The van der Waals surface area contributed by atoms with Crippen molar-refractivity contribution in [2.75, 3.05) is 25.1 Å². The molecular weight excluding hydrogens is 304 g/mol. The van der Waals surface area contributed by atoms with Gasteiger partial charge < -0.3 is 15.0 Å². The van der Waals surface area contributed by atoms with E-state index in [1.165, 1.54) is 18.5 Å². The van der Waals surface area contributed by atoms with Crippen molar-refractivity contribution in [2.45, 2.75) is 31.8 Å². The van der Waals surface area contributed by atoms with Crippen molar-refractivity contribution in [1.29, 1.82) is 0 Å². The van der Waals surface area contributed by atoms with Crippen LogP contribution in [0, 0.1) is 5.92 Å². The Kier molecular flexibility index (Phi) is 3.72. The summed E-state index contributed by atoms with van der Waals surface area (Å²) in [5.41, 5.74) is 1.21. The quantitative estimate of drug-likeness (QED) is 0.924. The summed E-state index contributed by atoms with van der Waals surface area (Å²) in [6.45, 7) is 4.41. The van der Waals surface area contributed by atoms with Crippen LogP contribution in [-0.2, 0) is 0 Å². The highest BCUT2D eigenvalue weighted by atomic mass is 79.9. The second-order valence-electron chi connectivity index (χ2n) is 5.67. The van der Waals surface area contributed by atoms with E-state index in [2.05, 4.69) is 39.1 Å². The molecule has 2 fully saturated rings. The predicted molar refractivity (Wildman–Crippen MR) is 82.0 cm³/mol. The van der Waals surface area contributed by atoms with Gasteiger partial charge in [0.15, 0.2) is 0 Å². The molecular formula is C15H21BrN2O. The first kappa shape index (κ1) is 13.3. The average molecular weight is 325 g/mol. The van der Waals surface area contributed by atoms with E-state index in [1.54, 1.807) is 7.11 Å². The first-order chi connectivity index (χ1) is 9.19. The molecule has 3 nitrogen and oxygen atoms in total. The number of rotatable bonds is 3. The Balaban J connectivity index is 1.87. The minimum absolute atomic E-state index is 0.498. The Hall–Kier alpha value is -0.740. The number of benzene rings is 1. The Morgan fingerprint density at radius 3 is 2.84 bits per heavy atom. The van der Waals surface area contributed by atoms with Crippen LogP contribution in [0.15, 0.2) is 22.7 Å². The molecule has 104 valence electrons. The SMILES string of the molecule is COc1ccc(Br)cc1N1CC(C2CC2)NCC1C. The molecule has 0 radical (unpaired) electrons. The first-order valence-corrected chi connectivity index (χ1v) is 7.82. The number of ether oxygens (including phenoxy) is 1. The van der Waals surface area contributed by atoms with Crippen LogP contribution >= 0.6 is 15.9 Å². The van der Waals surface area contributed by atoms with E-state index in [-0.39, 0.29) is 0 Å². The van der Waals surface area contributed by atoms with Crippen molar-refractivity contribution in [3.63, 3.8) is 0 Å². The predicted octanol–water partition coefficient (Wildman–Crippen LogP) is 3.03. The lowest BCUT2D eigenvalue weighted by atomic mass is 10.0. The molecule has 1 N–H and O–H groups in total. The van der Waals surface area contributed by atoms with Crippen LogP contribution < -0.4 is 15.0 Å². The second kappa shape index (κ2) is 5.33. The fourth-order valence-corrected chi connectivity index (χ4v) is 3.28. The Morgan fingerprint density at radius 2 is 2.16 bits per heavy atom. The molecule has 3 rings (SSSR count). The fourth-order valence-electron chi connectivity index (χ4n) is 2.93. The van der Waals surface area contributed by atoms with Crippen molar-refractivity contribution in [2.24, 2.45) is 5.92 Å². The normalized spacial score (nSPS) is 27.4. The van der Waals surface area contributed by atoms with Crippen molar-refractivity contribution < 1.29 is 4.74 Å². The van der Waals surface area contributed by atoms with Gasteiger partial charge in [-0.2, -0.15) is 0 Å². The van der Waals surface area contributed by atoms with Gasteiger partial charge in [-0.05, 0) is 43.9 Å². The molecule has 0 aromatic heterocycles. The summed E-state index contributed by atoms with van der Waals surface area (Å²) in [5, 5.41) is 3.69. The summed E-state index contributed by atoms with van der Waals surface area (Å²) in [5.74, 6) is 1.85. The number of hydrogen-bond acceptors (Lipinski definition) is 3. The van der Waals surface area contributed by atoms with Crippen LogP contribution in [0.25, 0.3) is 0 Å². The minimum atomic E-state index is 0.498. The Bertz CT molecular complexity index is 461. The van der Waals surface area contributed by atoms with Crippen LogP contribution in [-0.4, -0.2) is 32.3 Å². The maximum absolute atomic E-state index is 5.53. The summed E-state index contributed by atoms with van der Waals surface area (Å²) in [7, 11) is 1.75. The number of piperazine rings is 1. The molecule has 1 aromatic carbocycles. The van der Waals surface area contributed by atoms with Crippen molar-refractivity contribution >= 4 is 21.6 Å². The highest BCUT2D eigenvalue weighted by Gasteiger charge is 2.36.